The van der Waals surface area contributed by atoms with E-state index in [1.165, 1.54) is 0 Å². The lowest BCUT2D eigenvalue weighted by Crippen LogP contribution is -2.41. The maximum atomic E-state index is 11.5. The summed E-state index contributed by atoms with van der Waals surface area (Å²) in [6.07, 6.45) is 1.18. The van der Waals surface area contributed by atoms with Crippen LogP contribution >= 0.6 is 0 Å². The van der Waals surface area contributed by atoms with E-state index < -0.39 is 21.8 Å². The average molecular weight is 276 g/mol. The van der Waals surface area contributed by atoms with E-state index in [1.807, 2.05) is 0 Å². The molecule has 0 saturated carbocycles. The number of rotatable bonds is 6. The molecule has 0 aliphatic carbocycles. The van der Waals surface area contributed by atoms with Gasteiger partial charge in [-0.3, -0.25) is 4.79 Å². The number of sulfone groups is 1. The van der Waals surface area contributed by atoms with Crippen molar-refractivity contribution in [3.63, 3.8) is 0 Å². The molecule has 0 aliphatic heterocycles. The molecule has 3 N–H and O–H groups in total. The Morgan fingerprint density at radius 2 is 2.22 bits per heavy atom. The highest BCUT2D eigenvalue weighted by molar-refractivity contribution is 7.90. The van der Waals surface area contributed by atoms with E-state index in [1.54, 1.807) is 6.92 Å². The number of nitrogens with two attached hydrogens (primary N) is 1. The van der Waals surface area contributed by atoms with E-state index in [4.69, 9.17) is 10.3 Å². The van der Waals surface area contributed by atoms with Crippen molar-refractivity contribution in [1.29, 1.82) is 0 Å². The Balaban J connectivity index is 2.36. The minimum absolute atomic E-state index is 0.0793. The van der Waals surface area contributed by atoms with Gasteiger partial charge in [0, 0.05) is 13.2 Å². The lowest BCUT2D eigenvalue weighted by Gasteiger charge is -2.10. The SMILES string of the molecule is Cc1nc(CNC(=O)C(N)CCS(C)(=O)=O)no1. The normalized spacial score (nSPS) is 13.3. The highest BCUT2D eigenvalue weighted by Crippen LogP contribution is 1.97. The molecule has 1 aromatic heterocycles. The van der Waals surface area contributed by atoms with Crippen molar-refractivity contribution in [3.05, 3.63) is 11.7 Å². The van der Waals surface area contributed by atoms with Crippen LogP contribution in [0.5, 0.6) is 0 Å². The zero-order valence-corrected chi connectivity index (χ0v) is 11.0. The molecule has 0 aromatic carbocycles. The smallest absolute Gasteiger partial charge is 0.237 e. The molecule has 0 spiro atoms. The Morgan fingerprint density at radius 3 is 2.72 bits per heavy atom. The lowest BCUT2D eigenvalue weighted by molar-refractivity contribution is -0.122. The zero-order valence-electron chi connectivity index (χ0n) is 10.2. The number of aryl methyl sites for hydroxylation is 1. The first-order valence-corrected chi connectivity index (χ1v) is 7.34. The van der Waals surface area contributed by atoms with Crippen LogP contribution in [0.2, 0.25) is 0 Å². The Bertz CT molecular complexity index is 510. The number of amides is 1. The molecule has 18 heavy (non-hydrogen) atoms. The van der Waals surface area contributed by atoms with Gasteiger partial charge >= 0.3 is 0 Å². The van der Waals surface area contributed by atoms with Crippen molar-refractivity contribution < 1.29 is 17.7 Å². The first-order valence-electron chi connectivity index (χ1n) is 5.28. The van der Waals surface area contributed by atoms with Crippen LogP contribution in [0, 0.1) is 6.92 Å². The van der Waals surface area contributed by atoms with Crippen LogP contribution in [0.25, 0.3) is 0 Å². The van der Waals surface area contributed by atoms with E-state index in [0.717, 1.165) is 6.26 Å². The summed E-state index contributed by atoms with van der Waals surface area (Å²) in [5.41, 5.74) is 5.55. The van der Waals surface area contributed by atoms with Crippen molar-refractivity contribution in [2.24, 2.45) is 5.73 Å². The van der Waals surface area contributed by atoms with E-state index >= 15 is 0 Å². The Hall–Kier alpha value is -1.48. The first-order chi connectivity index (χ1) is 8.28. The zero-order chi connectivity index (χ0) is 13.8. The van der Waals surface area contributed by atoms with Crippen molar-refractivity contribution in [1.82, 2.24) is 15.5 Å². The maximum absolute atomic E-state index is 11.5. The highest BCUT2D eigenvalue weighted by Gasteiger charge is 2.16. The van der Waals surface area contributed by atoms with E-state index in [0.29, 0.717) is 11.7 Å². The molecular formula is C9H16N4O4S. The Labute approximate surface area is 105 Å². The molecule has 0 radical (unpaired) electrons. The number of carbonyl (C=O) groups is 1. The number of hydrogen-bond acceptors (Lipinski definition) is 7. The molecule has 0 saturated heterocycles. The molecule has 0 bridgehead atoms. The second-order valence-electron chi connectivity index (χ2n) is 3.97. The van der Waals surface area contributed by atoms with Gasteiger partial charge in [-0.2, -0.15) is 4.98 Å². The molecule has 8 nitrogen and oxygen atoms in total. The monoisotopic (exact) mass is 276 g/mol. The van der Waals surface area contributed by atoms with Crippen LogP contribution in [0.1, 0.15) is 18.1 Å². The van der Waals surface area contributed by atoms with Gasteiger partial charge in [-0.1, -0.05) is 5.16 Å². The van der Waals surface area contributed by atoms with Gasteiger partial charge < -0.3 is 15.6 Å². The standard InChI is InChI=1S/C9H16N4O4S/c1-6-12-8(13-17-6)5-11-9(14)7(10)3-4-18(2,15)16/h7H,3-5,10H2,1-2H3,(H,11,14). The average Bonchev–Trinajstić information content (AvgIpc) is 2.67. The summed E-state index contributed by atoms with van der Waals surface area (Å²) in [5, 5.41) is 6.10. The molecule has 1 rings (SSSR count). The summed E-state index contributed by atoms with van der Waals surface area (Å²) in [6.45, 7) is 1.74. The summed E-state index contributed by atoms with van der Waals surface area (Å²) < 4.78 is 26.6. The molecule has 1 atom stereocenters. The predicted molar refractivity (Wildman–Crippen MR) is 63.2 cm³/mol. The molecular weight excluding hydrogens is 260 g/mol. The van der Waals surface area contributed by atoms with E-state index in [-0.39, 0.29) is 18.7 Å². The number of carbonyl (C=O) groups excluding carboxylic acids is 1. The third-order valence-electron chi connectivity index (χ3n) is 2.13. The third kappa shape index (κ3) is 5.23. The van der Waals surface area contributed by atoms with Crippen molar-refractivity contribution >= 4 is 15.7 Å². The highest BCUT2D eigenvalue weighted by atomic mass is 32.2. The molecule has 0 fully saturated rings. The second kappa shape index (κ2) is 5.91. The number of hydrogen-bond donors (Lipinski definition) is 2. The Morgan fingerprint density at radius 1 is 1.56 bits per heavy atom. The van der Waals surface area contributed by atoms with Crippen LogP contribution in [0.3, 0.4) is 0 Å². The maximum Gasteiger partial charge on any atom is 0.237 e. The summed E-state index contributed by atoms with van der Waals surface area (Å²) in [6, 6.07) is -0.868. The largest absolute Gasteiger partial charge is 0.347 e. The number of aromatic nitrogens is 2. The second-order valence-corrected chi connectivity index (χ2v) is 6.23. The van der Waals surface area contributed by atoms with Crippen LogP contribution < -0.4 is 11.1 Å². The summed E-state index contributed by atoms with van der Waals surface area (Å²) in [4.78, 5) is 15.4. The summed E-state index contributed by atoms with van der Waals surface area (Å²) in [5.74, 6) is 0.181. The molecule has 1 aromatic rings. The Kier molecular flexibility index (Phi) is 4.79. The van der Waals surface area contributed by atoms with Gasteiger partial charge in [0.2, 0.25) is 11.8 Å². The molecule has 1 unspecified atom stereocenters. The fraction of sp³-hybridized carbons (Fsp3) is 0.667. The minimum Gasteiger partial charge on any atom is -0.347 e. The molecule has 1 heterocycles. The minimum atomic E-state index is -3.12. The first kappa shape index (κ1) is 14.6. The molecule has 9 heteroatoms. The van der Waals surface area contributed by atoms with Crippen molar-refractivity contribution in [3.8, 4) is 0 Å². The van der Waals surface area contributed by atoms with Crippen LogP contribution in [0.15, 0.2) is 4.52 Å². The van der Waals surface area contributed by atoms with Gasteiger partial charge in [-0.05, 0) is 6.42 Å². The molecule has 102 valence electrons. The quantitative estimate of drug-likeness (QED) is 0.664. The van der Waals surface area contributed by atoms with Crippen LogP contribution in [-0.4, -0.2) is 42.5 Å². The van der Waals surface area contributed by atoms with Crippen molar-refractivity contribution in [2.45, 2.75) is 25.9 Å². The van der Waals surface area contributed by atoms with Gasteiger partial charge in [0.25, 0.3) is 0 Å². The van der Waals surface area contributed by atoms with Crippen LogP contribution in [0.4, 0.5) is 0 Å². The third-order valence-corrected chi connectivity index (χ3v) is 3.10. The van der Waals surface area contributed by atoms with Gasteiger partial charge in [0.05, 0.1) is 18.3 Å². The van der Waals surface area contributed by atoms with E-state index in [9.17, 15) is 13.2 Å². The number of nitrogens with zero attached hydrogens (tertiary/aromatic N) is 2. The summed E-state index contributed by atoms with van der Waals surface area (Å²) >= 11 is 0. The number of nitrogens with one attached hydrogen (secondary N) is 1. The predicted octanol–water partition coefficient (Wildman–Crippen LogP) is -1.24. The molecule has 1 amide bonds. The van der Waals surface area contributed by atoms with E-state index in [2.05, 4.69) is 15.5 Å². The fourth-order valence-electron chi connectivity index (χ4n) is 1.18. The molecule has 0 aliphatic rings. The van der Waals surface area contributed by atoms with Gasteiger partial charge in [-0.25, -0.2) is 8.42 Å². The van der Waals surface area contributed by atoms with Gasteiger partial charge in [0.15, 0.2) is 5.82 Å². The lowest BCUT2D eigenvalue weighted by atomic mass is 10.2. The van der Waals surface area contributed by atoms with Crippen molar-refractivity contribution in [2.75, 3.05) is 12.0 Å². The summed E-state index contributed by atoms with van der Waals surface area (Å²) in [7, 11) is -3.12. The fourth-order valence-corrected chi connectivity index (χ4v) is 1.86. The topological polar surface area (TPSA) is 128 Å². The van der Waals surface area contributed by atoms with Gasteiger partial charge in [-0.15, -0.1) is 0 Å². The van der Waals surface area contributed by atoms with Crippen LogP contribution in [-0.2, 0) is 21.2 Å². The van der Waals surface area contributed by atoms with Gasteiger partial charge in [0.1, 0.15) is 9.84 Å².